The average molecular weight is 468 g/mol. The monoisotopic (exact) mass is 468 g/mol. The molecule has 2 unspecified atom stereocenters. The van der Waals surface area contributed by atoms with Crippen molar-refractivity contribution in [1.29, 1.82) is 0 Å². The molecule has 0 bridgehead atoms. The number of hydrogen-bond donors (Lipinski definition) is 1. The fourth-order valence-electron chi connectivity index (χ4n) is 7.97. The molecule has 2 saturated carbocycles. The summed E-state index contributed by atoms with van der Waals surface area (Å²) in [7, 11) is -0.169. The summed E-state index contributed by atoms with van der Waals surface area (Å²) >= 11 is 0. The van der Waals surface area contributed by atoms with Gasteiger partial charge in [0.25, 0.3) is 0 Å². The third kappa shape index (κ3) is 3.80. The summed E-state index contributed by atoms with van der Waals surface area (Å²) in [5.41, 5.74) is 1.08. The van der Waals surface area contributed by atoms with Crippen LogP contribution in [0, 0.1) is 35.0 Å². The number of carboxylic acids is 1. The maximum atomic E-state index is 11.6. The number of aliphatic carboxylic acids is 1. The second-order valence-electron chi connectivity index (χ2n) is 12.1. The number of para-hydroxylation sites is 1. The smallest absolute Gasteiger partial charge is 0.457 e. The van der Waals surface area contributed by atoms with Crippen LogP contribution in [0.15, 0.2) is 24.3 Å². The number of fused-ring (bicyclic) bond motifs is 2. The van der Waals surface area contributed by atoms with Gasteiger partial charge in [0.05, 0.1) is 24.2 Å². The van der Waals surface area contributed by atoms with Gasteiger partial charge in [-0.25, -0.2) is 0 Å². The van der Waals surface area contributed by atoms with E-state index in [-0.39, 0.29) is 30.2 Å². The summed E-state index contributed by atoms with van der Waals surface area (Å²) in [6.07, 6.45) is 5.66. The van der Waals surface area contributed by atoms with Gasteiger partial charge in [-0.2, -0.15) is 0 Å². The van der Waals surface area contributed by atoms with Crippen LogP contribution in [0.1, 0.15) is 78.2 Å². The van der Waals surface area contributed by atoms with Crippen molar-refractivity contribution >= 4 is 13.1 Å². The molecule has 2 heterocycles. The first kappa shape index (κ1) is 24.2. The van der Waals surface area contributed by atoms with Crippen LogP contribution >= 0.6 is 0 Å². The molecule has 6 heteroatoms. The van der Waals surface area contributed by atoms with Gasteiger partial charge in [-0.3, -0.25) is 4.79 Å². The first-order valence-corrected chi connectivity index (χ1v) is 13.4. The molecule has 1 aromatic rings. The second-order valence-corrected chi connectivity index (χ2v) is 12.1. The number of hydrogen-bond acceptors (Lipinski definition) is 4. The van der Waals surface area contributed by atoms with Crippen LogP contribution in [0.25, 0.3) is 0 Å². The standard InChI is InChI=1S/C28H41BO5/c1-17-14-25-28(5,19(3)27(17,4)18(2)20-10-11-21(15-20)26(30)31)34-29(33-25)13-12-22-16-32-24-9-7-6-8-23(22)24/h6-9,17-22,25H,10-16H2,1-5H3,(H,30,31)/t17-,18?,19-,20-,21-,22+,25+,27?,28-/m0/s1. The van der Waals surface area contributed by atoms with Crippen LogP contribution in [-0.4, -0.2) is 36.5 Å². The average Bonchev–Trinajstić information content (AvgIpc) is 3.54. The van der Waals surface area contributed by atoms with E-state index in [2.05, 4.69) is 52.8 Å². The molecule has 2 aliphatic heterocycles. The molecule has 0 aromatic heterocycles. The zero-order chi connectivity index (χ0) is 24.3. The molecule has 5 rings (SSSR count). The van der Waals surface area contributed by atoms with Gasteiger partial charge in [0, 0.05) is 11.5 Å². The topological polar surface area (TPSA) is 65.0 Å². The lowest BCUT2D eigenvalue weighted by Gasteiger charge is -2.58. The van der Waals surface area contributed by atoms with E-state index < -0.39 is 5.97 Å². The summed E-state index contributed by atoms with van der Waals surface area (Å²) < 4.78 is 19.2. The maximum absolute atomic E-state index is 11.6. The van der Waals surface area contributed by atoms with Crippen molar-refractivity contribution in [3.63, 3.8) is 0 Å². The highest BCUT2D eigenvalue weighted by atomic mass is 16.7. The van der Waals surface area contributed by atoms with Crippen LogP contribution in [0.3, 0.4) is 0 Å². The van der Waals surface area contributed by atoms with Crippen LogP contribution in [-0.2, 0) is 14.1 Å². The van der Waals surface area contributed by atoms with Crippen LogP contribution in [0.2, 0.25) is 6.32 Å². The van der Waals surface area contributed by atoms with Crippen molar-refractivity contribution in [3.8, 4) is 5.75 Å². The zero-order valence-electron chi connectivity index (χ0n) is 21.5. The quantitative estimate of drug-likeness (QED) is 0.516. The van der Waals surface area contributed by atoms with Gasteiger partial charge in [-0.15, -0.1) is 0 Å². The lowest BCUT2D eigenvalue weighted by molar-refractivity contribution is -0.148. The lowest BCUT2D eigenvalue weighted by Crippen LogP contribution is -2.59. The molecule has 5 nitrogen and oxygen atoms in total. The Balaban J connectivity index is 1.26. The first-order valence-electron chi connectivity index (χ1n) is 13.4. The van der Waals surface area contributed by atoms with Gasteiger partial charge >= 0.3 is 13.1 Å². The van der Waals surface area contributed by atoms with Gasteiger partial charge in [-0.05, 0) is 80.5 Å². The molecule has 0 radical (unpaired) electrons. The Hall–Kier alpha value is -1.53. The molecule has 1 saturated heterocycles. The van der Waals surface area contributed by atoms with Gasteiger partial charge in [0.1, 0.15) is 5.75 Å². The summed E-state index contributed by atoms with van der Waals surface area (Å²) in [6, 6.07) is 8.36. The Morgan fingerprint density at radius 2 is 1.97 bits per heavy atom. The van der Waals surface area contributed by atoms with E-state index in [0.29, 0.717) is 29.6 Å². The van der Waals surface area contributed by atoms with E-state index in [1.165, 1.54) is 5.56 Å². The van der Waals surface area contributed by atoms with Gasteiger partial charge in [0.15, 0.2) is 0 Å². The van der Waals surface area contributed by atoms with Gasteiger partial charge < -0.3 is 19.2 Å². The zero-order valence-corrected chi connectivity index (χ0v) is 21.5. The van der Waals surface area contributed by atoms with Gasteiger partial charge in [-0.1, -0.05) is 45.9 Å². The van der Waals surface area contributed by atoms with Crippen molar-refractivity contribution in [3.05, 3.63) is 29.8 Å². The minimum atomic E-state index is -0.623. The third-order valence-electron chi connectivity index (χ3n) is 10.8. The first-order chi connectivity index (χ1) is 16.1. The molecule has 3 fully saturated rings. The minimum Gasteiger partial charge on any atom is -0.493 e. The molecule has 1 N–H and O–H groups in total. The summed E-state index contributed by atoms with van der Waals surface area (Å²) in [6.45, 7) is 12.5. The van der Waals surface area contributed by atoms with E-state index in [4.69, 9.17) is 14.0 Å². The predicted molar refractivity (Wildman–Crippen MR) is 133 cm³/mol. The predicted octanol–water partition coefficient (Wildman–Crippen LogP) is 6.03. The van der Waals surface area contributed by atoms with E-state index in [1.54, 1.807) is 0 Å². The summed E-state index contributed by atoms with van der Waals surface area (Å²) in [5.74, 6) is 2.38. The molecule has 2 aliphatic carbocycles. The Bertz CT molecular complexity index is 922. The number of rotatable bonds is 6. The Kier molecular flexibility index (Phi) is 6.29. The van der Waals surface area contributed by atoms with E-state index in [9.17, 15) is 9.90 Å². The SMILES string of the molecule is CC([C@H]1CC[C@H](C(=O)O)C1)C1(C)[C@@H](C)C[C@H]2OB(CC[C@@H]3COc4ccccc43)O[C@@]2(C)[C@H]1C. The summed E-state index contributed by atoms with van der Waals surface area (Å²) in [4.78, 5) is 11.6. The minimum absolute atomic E-state index is 0.0831. The highest BCUT2D eigenvalue weighted by molar-refractivity contribution is 6.45. The largest absolute Gasteiger partial charge is 0.493 e. The van der Waals surface area contributed by atoms with Crippen molar-refractivity contribution in [2.24, 2.45) is 35.0 Å². The Morgan fingerprint density at radius 3 is 2.71 bits per heavy atom. The normalized spacial score (nSPS) is 42.2. The number of carbonyl (C=O) groups is 1. The van der Waals surface area contributed by atoms with Crippen LogP contribution < -0.4 is 4.74 Å². The Morgan fingerprint density at radius 1 is 1.21 bits per heavy atom. The molecule has 4 aliphatic rings. The van der Waals surface area contributed by atoms with E-state index >= 15 is 0 Å². The van der Waals surface area contributed by atoms with E-state index in [0.717, 1.165) is 50.8 Å². The highest BCUT2D eigenvalue weighted by Gasteiger charge is 2.62. The van der Waals surface area contributed by atoms with Crippen molar-refractivity contribution in [2.45, 2.75) is 90.7 Å². The summed E-state index contributed by atoms with van der Waals surface area (Å²) in [5, 5.41) is 9.52. The third-order valence-corrected chi connectivity index (χ3v) is 10.8. The van der Waals surface area contributed by atoms with E-state index in [1.807, 2.05) is 6.07 Å². The number of ether oxygens (including phenoxy) is 1. The Labute approximate surface area is 205 Å². The molecular formula is C28H41BO5. The lowest BCUT2D eigenvalue weighted by atomic mass is 9.50. The maximum Gasteiger partial charge on any atom is 0.457 e. The molecule has 1 aromatic carbocycles. The molecule has 0 amide bonds. The molecule has 186 valence electrons. The van der Waals surface area contributed by atoms with Gasteiger partial charge in [0.2, 0.25) is 0 Å². The van der Waals surface area contributed by atoms with Crippen molar-refractivity contribution in [1.82, 2.24) is 0 Å². The number of benzene rings is 1. The molecular weight excluding hydrogens is 427 g/mol. The van der Waals surface area contributed by atoms with Crippen LogP contribution in [0.5, 0.6) is 5.75 Å². The number of carboxylic acid groups (broad SMARTS) is 1. The molecule has 9 atom stereocenters. The fourth-order valence-corrected chi connectivity index (χ4v) is 7.97. The second kappa shape index (κ2) is 8.85. The molecule has 34 heavy (non-hydrogen) atoms. The van der Waals surface area contributed by atoms with Crippen molar-refractivity contribution < 1.29 is 23.9 Å². The highest BCUT2D eigenvalue weighted by Crippen LogP contribution is 2.60. The van der Waals surface area contributed by atoms with Crippen LogP contribution in [0.4, 0.5) is 0 Å². The molecule has 0 spiro atoms. The van der Waals surface area contributed by atoms with Crippen molar-refractivity contribution in [2.75, 3.05) is 6.61 Å². The fraction of sp³-hybridized carbons (Fsp3) is 0.750.